The number of likely N-dealkylation sites (N-methyl/N-ethyl adjacent to an activating group) is 1. The van der Waals surface area contributed by atoms with Crippen LogP contribution in [0.3, 0.4) is 0 Å². The third-order valence-electron chi connectivity index (χ3n) is 4.10. The Hall–Kier alpha value is -2.24. The van der Waals surface area contributed by atoms with E-state index in [9.17, 15) is 14.3 Å². The van der Waals surface area contributed by atoms with Crippen LogP contribution in [0.25, 0.3) is 0 Å². The molecule has 5 heteroatoms. The van der Waals surface area contributed by atoms with Gasteiger partial charge in [0.25, 0.3) is 0 Å². The van der Waals surface area contributed by atoms with Crippen LogP contribution in [0.15, 0.2) is 48.5 Å². The lowest BCUT2D eigenvalue weighted by molar-refractivity contribution is -0.124. The Balaban J connectivity index is 2.21. The number of rotatable bonds is 7. The summed E-state index contributed by atoms with van der Waals surface area (Å²) in [5.74, 6) is -0.899. The average molecular weight is 330 g/mol. The molecule has 0 saturated carbocycles. The first kappa shape index (κ1) is 18.1. The molecule has 0 heterocycles. The first-order chi connectivity index (χ1) is 11.4. The van der Waals surface area contributed by atoms with Gasteiger partial charge in [0.05, 0.1) is 6.10 Å². The zero-order valence-electron chi connectivity index (χ0n) is 13.9. The number of aliphatic hydroxyl groups excluding tert-OH is 1. The van der Waals surface area contributed by atoms with Crippen LogP contribution in [0.2, 0.25) is 0 Å². The highest BCUT2D eigenvalue weighted by Crippen LogP contribution is 2.24. The molecule has 2 unspecified atom stereocenters. The molecule has 0 aliphatic heterocycles. The maximum Gasteiger partial charge on any atom is 0.239 e. The highest BCUT2D eigenvalue weighted by Gasteiger charge is 2.26. The van der Waals surface area contributed by atoms with Crippen molar-refractivity contribution in [2.75, 3.05) is 13.1 Å². The topological polar surface area (TPSA) is 66.6 Å². The minimum Gasteiger partial charge on any atom is -0.387 e. The summed E-state index contributed by atoms with van der Waals surface area (Å²) >= 11 is 0. The number of aryl methyl sites for hydroxylation is 1. The van der Waals surface area contributed by atoms with Crippen LogP contribution in [0, 0.1) is 12.7 Å². The number of amides is 1. The second-order valence-corrected chi connectivity index (χ2v) is 5.87. The normalized spacial score (nSPS) is 13.7. The molecule has 2 atom stereocenters. The summed E-state index contributed by atoms with van der Waals surface area (Å²) in [5.41, 5.74) is 8.06. The molecule has 0 aliphatic carbocycles. The number of aliphatic hydroxyl groups is 1. The Bertz CT molecular complexity index is 671. The van der Waals surface area contributed by atoms with E-state index in [1.807, 2.05) is 38.1 Å². The molecular formula is C19H23FN2O2. The average Bonchev–Trinajstić information content (AvgIpc) is 2.56. The van der Waals surface area contributed by atoms with E-state index in [4.69, 9.17) is 5.73 Å². The fourth-order valence-electron chi connectivity index (χ4n) is 2.73. The molecule has 0 radical (unpaired) electrons. The first-order valence-electron chi connectivity index (χ1n) is 7.95. The molecule has 24 heavy (non-hydrogen) atoms. The molecular weight excluding hydrogens is 307 g/mol. The molecule has 0 saturated heterocycles. The van der Waals surface area contributed by atoms with Gasteiger partial charge in [-0.3, -0.25) is 9.69 Å². The quantitative estimate of drug-likeness (QED) is 0.820. The molecule has 128 valence electrons. The van der Waals surface area contributed by atoms with Crippen LogP contribution < -0.4 is 5.73 Å². The van der Waals surface area contributed by atoms with Crippen molar-refractivity contribution in [1.29, 1.82) is 0 Å². The molecule has 0 aromatic heterocycles. The number of nitrogens with two attached hydrogens (primary N) is 1. The Morgan fingerprint density at radius 2 is 1.67 bits per heavy atom. The van der Waals surface area contributed by atoms with Crippen molar-refractivity contribution < 1.29 is 14.3 Å². The molecule has 2 rings (SSSR count). The standard InChI is InChI=1S/C19H23FN2O2/c1-3-22(12-17(23)14-6-4-13(2)5-7-14)18(19(21)24)15-8-10-16(20)11-9-15/h4-11,17-18,23H,3,12H2,1-2H3,(H2,21,24). The van der Waals surface area contributed by atoms with E-state index in [1.165, 1.54) is 12.1 Å². The number of benzene rings is 2. The van der Waals surface area contributed by atoms with Crippen LogP contribution >= 0.6 is 0 Å². The van der Waals surface area contributed by atoms with Gasteiger partial charge in [-0.25, -0.2) is 4.39 Å². The van der Waals surface area contributed by atoms with Gasteiger partial charge in [0.15, 0.2) is 0 Å². The van der Waals surface area contributed by atoms with Crippen LogP contribution in [0.5, 0.6) is 0 Å². The summed E-state index contributed by atoms with van der Waals surface area (Å²) in [7, 11) is 0. The lowest BCUT2D eigenvalue weighted by Crippen LogP contribution is -2.40. The maximum atomic E-state index is 13.1. The maximum absolute atomic E-state index is 13.1. The predicted molar refractivity (Wildman–Crippen MR) is 91.7 cm³/mol. The van der Waals surface area contributed by atoms with Gasteiger partial charge in [0, 0.05) is 6.54 Å². The summed E-state index contributed by atoms with van der Waals surface area (Å²) in [6.45, 7) is 4.64. The second kappa shape index (κ2) is 8.04. The van der Waals surface area contributed by atoms with Crippen LogP contribution in [-0.4, -0.2) is 29.0 Å². The third kappa shape index (κ3) is 4.40. The summed E-state index contributed by atoms with van der Waals surface area (Å²) in [4.78, 5) is 13.7. The van der Waals surface area contributed by atoms with Gasteiger partial charge in [0.1, 0.15) is 11.9 Å². The lowest BCUT2D eigenvalue weighted by Gasteiger charge is -2.30. The zero-order chi connectivity index (χ0) is 17.7. The number of primary amides is 1. The smallest absolute Gasteiger partial charge is 0.239 e. The summed E-state index contributed by atoms with van der Waals surface area (Å²) < 4.78 is 13.1. The zero-order valence-corrected chi connectivity index (χ0v) is 13.9. The fraction of sp³-hybridized carbons (Fsp3) is 0.316. The van der Waals surface area contributed by atoms with Gasteiger partial charge in [-0.05, 0) is 36.7 Å². The lowest BCUT2D eigenvalue weighted by atomic mass is 10.0. The largest absolute Gasteiger partial charge is 0.387 e. The molecule has 3 N–H and O–H groups in total. The summed E-state index contributed by atoms with van der Waals surface area (Å²) in [5, 5.41) is 10.5. The van der Waals surface area contributed by atoms with Gasteiger partial charge in [-0.1, -0.05) is 48.9 Å². The molecule has 0 fully saturated rings. The number of halogens is 1. The highest BCUT2D eigenvalue weighted by atomic mass is 19.1. The van der Waals surface area contributed by atoms with E-state index in [0.29, 0.717) is 12.1 Å². The summed E-state index contributed by atoms with van der Waals surface area (Å²) in [6.07, 6.45) is -0.743. The molecule has 1 amide bonds. The number of carbonyl (C=O) groups excluding carboxylic acids is 1. The minimum absolute atomic E-state index is 0.255. The van der Waals surface area contributed by atoms with Crippen molar-refractivity contribution in [3.8, 4) is 0 Å². The van der Waals surface area contributed by atoms with Crippen molar-refractivity contribution in [2.24, 2.45) is 5.73 Å². The SMILES string of the molecule is CCN(CC(O)c1ccc(C)cc1)C(C(N)=O)c1ccc(F)cc1. The van der Waals surface area contributed by atoms with Gasteiger partial charge < -0.3 is 10.8 Å². The Kier molecular flexibility index (Phi) is 6.06. The van der Waals surface area contributed by atoms with E-state index in [1.54, 1.807) is 17.0 Å². The summed E-state index contributed by atoms with van der Waals surface area (Å²) in [6, 6.07) is 12.6. The van der Waals surface area contributed by atoms with E-state index in [0.717, 1.165) is 11.1 Å². The van der Waals surface area contributed by atoms with E-state index < -0.39 is 18.1 Å². The number of nitrogens with zero attached hydrogens (tertiary/aromatic N) is 1. The van der Waals surface area contributed by atoms with Gasteiger partial charge in [-0.2, -0.15) is 0 Å². The van der Waals surface area contributed by atoms with Crippen molar-refractivity contribution in [3.05, 3.63) is 71.0 Å². The molecule has 0 aliphatic rings. The monoisotopic (exact) mass is 330 g/mol. The van der Waals surface area contributed by atoms with Crippen molar-refractivity contribution >= 4 is 5.91 Å². The van der Waals surface area contributed by atoms with E-state index in [-0.39, 0.29) is 12.4 Å². The fourth-order valence-corrected chi connectivity index (χ4v) is 2.73. The van der Waals surface area contributed by atoms with Crippen molar-refractivity contribution in [1.82, 2.24) is 4.90 Å². The minimum atomic E-state index is -0.743. The number of carbonyl (C=O) groups is 1. The molecule has 2 aromatic rings. The predicted octanol–water partition coefficient (Wildman–Crippen LogP) is 2.72. The van der Waals surface area contributed by atoms with Gasteiger partial charge in [0.2, 0.25) is 5.91 Å². The Labute approximate surface area is 141 Å². The number of hydrogen-bond donors (Lipinski definition) is 2. The van der Waals surface area contributed by atoms with Crippen LogP contribution in [0.1, 0.15) is 35.8 Å². The molecule has 0 spiro atoms. The second-order valence-electron chi connectivity index (χ2n) is 5.87. The Morgan fingerprint density at radius 3 is 2.17 bits per heavy atom. The third-order valence-corrected chi connectivity index (χ3v) is 4.10. The molecule has 2 aromatic carbocycles. The van der Waals surface area contributed by atoms with Gasteiger partial charge in [-0.15, -0.1) is 0 Å². The van der Waals surface area contributed by atoms with Crippen LogP contribution in [0.4, 0.5) is 4.39 Å². The van der Waals surface area contributed by atoms with E-state index >= 15 is 0 Å². The number of hydrogen-bond acceptors (Lipinski definition) is 3. The first-order valence-corrected chi connectivity index (χ1v) is 7.95. The van der Waals surface area contributed by atoms with Crippen molar-refractivity contribution in [3.63, 3.8) is 0 Å². The molecule has 4 nitrogen and oxygen atoms in total. The Morgan fingerprint density at radius 1 is 1.12 bits per heavy atom. The van der Waals surface area contributed by atoms with E-state index in [2.05, 4.69) is 0 Å². The van der Waals surface area contributed by atoms with Gasteiger partial charge >= 0.3 is 0 Å². The van der Waals surface area contributed by atoms with Crippen LogP contribution in [-0.2, 0) is 4.79 Å². The molecule has 0 bridgehead atoms. The highest BCUT2D eigenvalue weighted by molar-refractivity contribution is 5.81. The van der Waals surface area contributed by atoms with Crippen molar-refractivity contribution in [2.45, 2.75) is 26.0 Å².